The topological polar surface area (TPSA) is 34.1 Å². The first kappa shape index (κ1) is 12.9. The number of pyridine rings is 1. The van der Waals surface area contributed by atoms with Crippen molar-refractivity contribution in [3.05, 3.63) is 23.9 Å². The van der Waals surface area contributed by atoms with Crippen LogP contribution in [-0.4, -0.2) is 24.2 Å². The van der Waals surface area contributed by atoms with E-state index in [1.54, 1.807) is 6.20 Å². The van der Waals surface area contributed by atoms with E-state index in [9.17, 15) is 0 Å². The first-order valence-electron chi connectivity index (χ1n) is 6.39. The van der Waals surface area contributed by atoms with Gasteiger partial charge >= 0.3 is 0 Å². The van der Waals surface area contributed by atoms with E-state index in [-0.39, 0.29) is 11.5 Å². The van der Waals surface area contributed by atoms with Gasteiger partial charge in [0.05, 0.1) is 0 Å². The average Bonchev–Trinajstić information content (AvgIpc) is 2.80. The lowest BCUT2D eigenvalue weighted by Gasteiger charge is -2.11. The molecule has 1 N–H and O–H groups in total. The van der Waals surface area contributed by atoms with E-state index in [0.717, 1.165) is 25.1 Å². The molecule has 0 aliphatic carbocycles. The molecule has 1 aliphatic heterocycles. The Hall–Kier alpha value is -1.53. The van der Waals surface area contributed by atoms with Gasteiger partial charge in [0.2, 0.25) is 5.88 Å². The Morgan fingerprint density at radius 3 is 2.78 bits per heavy atom. The summed E-state index contributed by atoms with van der Waals surface area (Å²) in [4.78, 5) is 4.29. The molecule has 3 heteroatoms. The maximum Gasteiger partial charge on any atom is 0.213 e. The van der Waals surface area contributed by atoms with E-state index >= 15 is 0 Å². The molecule has 2 rings (SSSR count). The summed E-state index contributed by atoms with van der Waals surface area (Å²) in [6, 6.07) is 3.86. The summed E-state index contributed by atoms with van der Waals surface area (Å²) in [5.74, 6) is 7.00. The number of hydrogen-bond acceptors (Lipinski definition) is 3. The molecule has 96 valence electrons. The van der Waals surface area contributed by atoms with E-state index in [1.165, 1.54) is 0 Å². The molecule has 3 nitrogen and oxygen atoms in total. The summed E-state index contributed by atoms with van der Waals surface area (Å²) in [6.07, 6.45) is 3.08. The Labute approximate surface area is 109 Å². The van der Waals surface area contributed by atoms with Gasteiger partial charge in [-0.2, -0.15) is 0 Å². The number of nitrogens with zero attached hydrogens (tertiary/aromatic N) is 1. The Balaban J connectivity index is 1.98. The molecule has 0 spiro atoms. The number of aromatic nitrogens is 1. The summed E-state index contributed by atoms with van der Waals surface area (Å²) < 4.78 is 5.75. The highest BCUT2D eigenvalue weighted by atomic mass is 16.5. The minimum absolute atomic E-state index is 0.0185. The van der Waals surface area contributed by atoms with Crippen molar-refractivity contribution in [1.29, 1.82) is 0 Å². The molecule has 0 amide bonds. The highest BCUT2D eigenvalue weighted by Crippen LogP contribution is 2.13. The van der Waals surface area contributed by atoms with Crippen LogP contribution in [0.1, 0.15) is 32.8 Å². The fourth-order valence-electron chi connectivity index (χ4n) is 1.68. The van der Waals surface area contributed by atoms with Gasteiger partial charge in [-0.25, -0.2) is 4.98 Å². The van der Waals surface area contributed by atoms with Crippen molar-refractivity contribution in [1.82, 2.24) is 10.3 Å². The van der Waals surface area contributed by atoms with Crippen LogP contribution in [-0.2, 0) is 0 Å². The lowest BCUT2D eigenvalue weighted by atomic mass is 9.97. The first-order chi connectivity index (χ1) is 8.53. The van der Waals surface area contributed by atoms with E-state index < -0.39 is 0 Å². The molecule has 18 heavy (non-hydrogen) atoms. The number of hydrogen-bond donors (Lipinski definition) is 1. The van der Waals surface area contributed by atoms with Crippen molar-refractivity contribution in [2.75, 3.05) is 13.1 Å². The van der Waals surface area contributed by atoms with Crippen molar-refractivity contribution in [2.45, 2.75) is 33.3 Å². The quantitative estimate of drug-likeness (QED) is 0.810. The van der Waals surface area contributed by atoms with Crippen molar-refractivity contribution in [3.63, 3.8) is 0 Å². The van der Waals surface area contributed by atoms with Crippen LogP contribution >= 0.6 is 0 Å². The van der Waals surface area contributed by atoms with Crippen molar-refractivity contribution in [3.8, 4) is 17.7 Å². The summed E-state index contributed by atoms with van der Waals surface area (Å²) in [5.41, 5.74) is 0.951. The zero-order valence-corrected chi connectivity index (χ0v) is 11.3. The zero-order valence-electron chi connectivity index (χ0n) is 11.3. The number of ether oxygens (including phenoxy) is 1. The van der Waals surface area contributed by atoms with Gasteiger partial charge in [-0.05, 0) is 39.8 Å². The molecule has 2 heterocycles. The third-order valence-electron chi connectivity index (χ3n) is 2.62. The Bertz CT molecular complexity index is 442. The number of nitrogens with one attached hydrogen (secondary N) is 1. The molecule has 1 saturated heterocycles. The lowest BCUT2D eigenvalue weighted by Crippen LogP contribution is -2.19. The van der Waals surface area contributed by atoms with Gasteiger partial charge in [0.25, 0.3) is 0 Å². The molecule has 0 saturated carbocycles. The highest BCUT2D eigenvalue weighted by Gasteiger charge is 2.16. The highest BCUT2D eigenvalue weighted by molar-refractivity contribution is 5.34. The summed E-state index contributed by atoms with van der Waals surface area (Å²) in [6.45, 7) is 8.22. The molecular weight excluding hydrogens is 224 g/mol. The summed E-state index contributed by atoms with van der Waals surface area (Å²) in [7, 11) is 0. The van der Waals surface area contributed by atoms with Gasteiger partial charge < -0.3 is 10.1 Å². The molecule has 1 atom stereocenters. The van der Waals surface area contributed by atoms with Crippen LogP contribution in [0.25, 0.3) is 0 Å². The lowest BCUT2D eigenvalue weighted by molar-refractivity contribution is 0.214. The van der Waals surface area contributed by atoms with Crippen LogP contribution in [0.2, 0.25) is 0 Å². The SMILES string of the molecule is CC(C)(C)C#Cc1ccc(OC2CCNC2)nc1. The Morgan fingerprint density at radius 2 is 2.22 bits per heavy atom. The van der Waals surface area contributed by atoms with E-state index in [0.29, 0.717) is 5.88 Å². The monoisotopic (exact) mass is 244 g/mol. The predicted molar refractivity (Wildman–Crippen MR) is 72.5 cm³/mol. The third-order valence-corrected chi connectivity index (χ3v) is 2.62. The normalized spacial score (nSPS) is 19.2. The molecular formula is C15H20N2O. The van der Waals surface area contributed by atoms with Crippen molar-refractivity contribution >= 4 is 0 Å². The second-order valence-electron chi connectivity index (χ2n) is 5.62. The van der Waals surface area contributed by atoms with Crippen LogP contribution in [0.5, 0.6) is 5.88 Å². The standard InChI is InChI=1S/C15H20N2O/c1-15(2,3)8-6-12-4-5-14(17-10-12)18-13-7-9-16-11-13/h4-5,10,13,16H,7,9,11H2,1-3H3. The molecule has 1 unspecified atom stereocenters. The van der Waals surface area contributed by atoms with Crippen LogP contribution in [0.3, 0.4) is 0 Å². The molecule has 1 aromatic heterocycles. The van der Waals surface area contributed by atoms with E-state index in [2.05, 4.69) is 42.9 Å². The predicted octanol–water partition coefficient (Wildman–Crippen LogP) is 2.22. The van der Waals surface area contributed by atoms with Crippen LogP contribution in [0, 0.1) is 17.3 Å². The van der Waals surface area contributed by atoms with Gasteiger partial charge in [0.15, 0.2) is 0 Å². The third kappa shape index (κ3) is 4.05. The van der Waals surface area contributed by atoms with Gasteiger partial charge in [-0.15, -0.1) is 0 Å². The largest absolute Gasteiger partial charge is 0.473 e. The van der Waals surface area contributed by atoms with Crippen molar-refractivity contribution < 1.29 is 4.74 Å². The van der Waals surface area contributed by atoms with E-state index in [4.69, 9.17) is 4.74 Å². The molecule has 1 fully saturated rings. The second kappa shape index (κ2) is 5.41. The fourth-order valence-corrected chi connectivity index (χ4v) is 1.68. The van der Waals surface area contributed by atoms with Crippen LogP contribution in [0.15, 0.2) is 18.3 Å². The van der Waals surface area contributed by atoms with Crippen LogP contribution < -0.4 is 10.1 Å². The molecule has 0 aromatic carbocycles. The summed E-state index contributed by atoms with van der Waals surface area (Å²) >= 11 is 0. The molecule has 0 bridgehead atoms. The smallest absolute Gasteiger partial charge is 0.213 e. The molecule has 1 aromatic rings. The first-order valence-corrected chi connectivity index (χ1v) is 6.39. The van der Waals surface area contributed by atoms with Gasteiger partial charge in [0, 0.05) is 29.8 Å². The van der Waals surface area contributed by atoms with E-state index in [1.807, 2.05) is 12.1 Å². The minimum Gasteiger partial charge on any atom is -0.473 e. The van der Waals surface area contributed by atoms with Crippen molar-refractivity contribution in [2.24, 2.45) is 5.41 Å². The van der Waals surface area contributed by atoms with Crippen LogP contribution in [0.4, 0.5) is 0 Å². The van der Waals surface area contributed by atoms with Gasteiger partial charge in [-0.3, -0.25) is 0 Å². The fraction of sp³-hybridized carbons (Fsp3) is 0.533. The van der Waals surface area contributed by atoms with Gasteiger partial charge in [-0.1, -0.05) is 11.8 Å². The zero-order chi connectivity index (χ0) is 13.0. The number of rotatable bonds is 2. The average molecular weight is 244 g/mol. The molecule has 1 aliphatic rings. The molecule has 0 radical (unpaired) electrons. The Kier molecular flexibility index (Phi) is 3.88. The maximum atomic E-state index is 5.75. The maximum absolute atomic E-state index is 5.75. The summed E-state index contributed by atoms with van der Waals surface area (Å²) in [5, 5.41) is 3.27. The Morgan fingerprint density at radius 1 is 1.39 bits per heavy atom. The van der Waals surface area contributed by atoms with Gasteiger partial charge in [0.1, 0.15) is 6.10 Å². The second-order valence-corrected chi connectivity index (χ2v) is 5.62. The minimum atomic E-state index is 0.0185.